The molecule has 0 aromatic heterocycles. The van der Waals surface area contributed by atoms with E-state index in [0.29, 0.717) is 46.0 Å². The number of nitrogens with one attached hydrogen (secondary N) is 2. The number of amides is 2. The second-order valence-corrected chi connectivity index (χ2v) is 29.7. The van der Waals surface area contributed by atoms with Crippen molar-refractivity contribution in [2.75, 3.05) is 45.0 Å². The smallest absolute Gasteiger partial charge is 0.418 e. The summed E-state index contributed by atoms with van der Waals surface area (Å²) in [6.07, 6.45) is -47.1. The Bertz CT molecular complexity index is 5550. The van der Waals surface area contributed by atoms with Crippen LogP contribution in [0.2, 0.25) is 0 Å². The van der Waals surface area contributed by atoms with Crippen molar-refractivity contribution in [3.05, 3.63) is 309 Å². The van der Waals surface area contributed by atoms with Gasteiger partial charge in [0.1, 0.15) is 5.60 Å². The number of nitrogens with two attached hydrogens (primary N) is 6. The van der Waals surface area contributed by atoms with Crippen molar-refractivity contribution in [1.82, 2.24) is 0 Å². The van der Waals surface area contributed by atoms with Crippen molar-refractivity contribution < 1.29 is 185 Å². The molecular formula is C88H82Cl2F31N9O11. The molecule has 20 nitrogen and oxygen atoms in total. The monoisotopic (exact) mass is 2100 g/mol. The van der Waals surface area contributed by atoms with Gasteiger partial charge in [0.2, 0.25) is 0 Å². The Labute approximate surface area is 789 Å². The lowest BCUT2D eigenvalue weighted by atomic mass is 10.0. The number of rotatable bonds is 8. The molecule has 0 radical (unpaired) electrons. The highest BCUT2D eigenvalue weighted by atomic mass is 35.5. The Morgan fingerprint density at radius 2 is 0.546 bits per heavy atom. The number of carbonyl (C=O) groups is 6. The van der Waals surface area contributed by atoms with Crippen LogP contribution in [0.3, 0.4) is 0 Å². The third kappa shape index (κ3) is 42.6. The highest BCUT2D eigenvalue weighted by Crippen LogP contribution is 2.44. The van der Waals surface area contributed by atoms with Crippen LogP contribution in [0, 0.1) is 51.7 Å². The van der Waals surface area contributed by atoms with Crippen molar-refractivity contribution in [3.63, 3.8) is 0 Å². The molecule has 0 aliphatic carbocycles. The minimum Gasteiger partial charge on any atom is -0.478 e. The number of alkyl halides is 30. The molecule has 0 fully saturated rings. The fraction of sp³-hybridized carbons (Fsp3) is 0.250. The molecule has 53 heteroatoms. The number of nitrogens with zero attached hydrogens (tertiary/aromatic N) is 1. The van der Waals surface area contributed by atoms with Gasteiger partial charge in [0, 0.05) is 63.1 Å². The Morgan fingerprint density at radius 1 is 0.312 bits per heavy atom. The van der Waals surface area contributed by atoms with E-state index in [-0.39, 0.29) is 59.2 Å². The lowest BCUT2D eigenvalue weighted by Crippen LogP contribution is -2.27. The number of halogens is 33. The van der Waals surface area contributed by atoms with Crippen LogP contribution in [-0.2, 0) is 66.5 Å². The molecule has 0 aliphatic rings. The van der Waals surface area contributed by atoms with Gasteiger partial charge in [0.15, 0.2) is 0 Å². The molecule has 0 saturated carbocycles. The molecule has 0 bridgehead atoms. The highest BCUT2D eigenvalue weighted by molar-refractivity contribution is 6.68. The number of benzene rings is 10. The molecule has 0 spiro atoms. The summed E-state index contributed by atoms with van der Waals surface area (Å²) in [7, 11) is 0. The summed E-state index contributed by atoms with van der Waals surface area (Å²) in [5.74, 6) is -4.56. The quantitative estimate of drug-likeness (QED) is 0.0222. The van der Waals surface area contributed by atoms with E-state index in [9.17, 15) is 171 Å². The molecule has 2 amide bonds. The van der Waals surface area contributed by atoms with Gasteiger partial charge in [-0.05, 0) is 219 Å². The summed E-state index contributed by atoms with van der Waals surface area (Å²) in [4.78, 5) is 75.8. The van der Waals surface area contributed by atoms with Gasteiger partial charge in [0.05, 0.1) is 82.9 Å². The van der Waals surface area contributed by atoms with Crippen molar-refractivity contribution in [3.8, 4) is 0 Å². The van der Waals surface area contributed by atoms with Crippen molar-refractivity contribution in [2.45, 2.75) is 145 Å². The van der Waals surface area contributed by atoms with Gasteiger partial charge in [-0.15, -0.1) is 0 Å². The number of hydrogen-bond donors (Lipinski definition) is 10. The van der Waals surface area contributed by atoms with Gasteiger partial charge >= 0.3 is 79.8 Å². The van der Waals surface area contributed by atoms with Crippen LogP contribution in [0.25, 0.3) is 0 Å². The molecule has 0 atom stereocenters. The number of nitrogen functional groups attached to an aromatic ring is 6. The van der Waals surface area contributed by atoms with Crippen molar-refractivity contribution >= 4 is 109 Å². The zero-order valence-electron chi connectivity index (χ0n) is 71.8. The first-order valence-electron chi connectivity index (χ1n) is 37.1. The third-order valence-corrected chi connectivity index (χ3v) is 17.0. The van der Waals surface area contributed by atoms with Crippen molar-refractivity contribution in [1.29, 1.82) is 0 Å². The average Bonchev–Trinajstić information content (AvgIpc) is 0.402. The number of carbonyl (C=O) groups excluding carboxylic acids is 4. The normalized spacial score (nSPS) is 11.4. The Morgan fingerprint density at radius 3 is 0.830 bits per heavy atom. The van der Waals surface area contributed by atoms with Crippen molar-refractivity contribution in [2.24, 2.45) is 0 Å². The first-order valence-corrected chi connectivity index (χ1v) is 37.8. The summed E-state index contributed by atoms with van der Waals surface area (Å²) >= 11 is 10.1. The number of aryl methyl sites for hydroxylation is 6. The summed E-state index contributed by atoms with van der Waals surface area (Å²) in [5.41, 5.74) is 15.5. The third-order valence-electron chi connectivity index (χ3n) is 16.6. The molecule has 0 aliphatic heterocycles. The molecule has 10 aromatic rings. The zero-order chi connectivity index (χ0) is 107. The predicted molar refractivity (Wildman–Crippen MR) is 464 cm³/mol. The fourth-order valence-electron chi connectivity index (χ4n) is 10.4. The summed E-state index contributed by atoms with van der Waals surface area (Å²) in [5, 5.41) is 29.0. The summed E-state index contributed by atoms with van der Waals surface area (Å²) in [6.45, 7) is 13.8. The average molecular weight is 2100 g/mol. The fourth-order valence-corrected chi connectivity index (χ4v) is 10.7. The molecule has 776 valence electrons. The van der Waals surface area contributed by atoms with E-state index in [4.69, 9.17) is 72.6 Å². The predicted octanol–water partition coefficient (Wildman–Crippen LogP) is 28.8. The SMILES string of the molecule is C.C.Cc1ccc(C(=O)Cl)c(C(F)(F)F)c1.Cc1ccc(C(=O)Cl)c(C(F)(F)F)c1.Cc1ccc(C(=O)Nc2ccc(NC(=O)OC(C)(C)C)cc2C(F)(F)F)c(C(F)(F)F)c1.Cc1ccc(C(=O)O)c(C(F)(F)F)c1.Cc1ccc(N)c(C(F)(F)F)c1.Cc1ccc(N)c(C(F)(F)F)c1.F.Nc1ccc(C(=O)O)c(C(F)(F)F)c1.Nc1ccc(N)c(C(F)(F)F)c1.Nc1ccc([N+](=O)[O-])cc1C(F)(F)F. The number of nitro benzene ring substituents is 1. The maximum Gasteiger partial charge on any atom is 0.418 e. The maximum atomic E-state index is 13.5. The van der Waals surface area contributed by atoms with Crippen LogP contribution in [0.5, 0.6) is 0 Å². The highest BCUT2D eigenvalue weighted by Gasteiger charge is 2.43. The van der Waals surface area contributed by atoms with Crippen LogP contribution >= 0.6 is 23.2 Å². The zero-order valence-corrected chi connectivity index (χ0v) is 73.3. The molecule has 10 rings (SSSR count). The number of carboxylic acid groups (broad SMARTS) is 2. The van der Waals surface area contributed by atoms with E-state index in [1.165, 1.54) is 70.2 Å². The van der Waals surface area contributed by atoms with Crippen LogP contribution < -0.4 is 45.0 Å². The number of nitro groups is 1. The van der Waals surface area contributed by atoms with Crippen LogP contribution in [0.4, 0.5) is 192 Å². The number of hydrogen-bond acceptors (Lipinski definition) is 15. The van der Waals surface area contributed by atoms with E-state index in [2.05, 4.69) is 5.32 Å². The standard InChI is InChI=1S/C21H20F6N2O3.2C9H6ClF3O.C9H7F3O2.C8H6F3NO2.2C8H8F3N.C7H5F3N2O2.C7H7F3N2.2CH4.FH/c1-11-5-7-13(14(9-11)20(22,23)24)17(30)29-16-8-6-12(10-15(16)21(25,26)27)28-18(31)32-19(2,3)4;2*1-5-2-3-6(8(10)14)7(4-5)9(11,12)13;1-5-2-3-6(8(13)14)7(4-5)9(10,11)12;9-8(10,11)6-3-4(12)1-2-5(6)7(13)14;2*1-5-2-3-7(12)6(4-5)8(9,10)11;8-7(9,10)5-3-4(12(13)14)1-2-6(5)11;8-7(9,10)5-3-4(11)1-2-6(5)12;;;/h5-10H,1-4H3,(H,28,31)(H,29,30);2*2-4H,1H3;2-4H,1H3,(H,13,14);1-3H,12H2,(H,13,14);2*2-4H,12H2,1H3;1-3H,11H2;1-3H,11-12H2;2*1H4;1H. The molecule has 16 N–H and O–H groups in total. The largest absolute Gasteiger partial charge is 0.478 e. The van der Waals surface area contributed by atoms with Crippen LogP contribution in [-0.4, -0.2) is 55.2 Å². The first kappa shape index (κ1) is 129. The number of ether oxygens (including phenoxy) is 1. The Hall–Kier alpha value is -14.2. The molecular weight excluding hydrogens is 2020 g/mol. The van der Waals surface area contributed by atoms with Gasteiger partial charge in [-0.2, -0.15) is 132 Å². The number of aromatic carboxylic acids is 2. The first-order chi connectivity index (χ1) is 62.3. The van der Waals surface area contributed by atoms with Gasteiger partial charge in [-0.1, -0.05) is 84.6 Å². The second-order valence-electron chi connectivity index (χ2n) is 29.0. The number of carboxylic acids is 2. The minimum atomic E-state index is -4.98. The maximum absolute atomic E-state index is 13.5. The number of non-ortho nitro benzene ring substituents is 1. The van der Waals surface area contributed by atoms with Gasteiger partial charge in [-0.25, -0.2) is 14.4 Å². The van der Waals surface area contributed by atoms with E-state index in [1.54, 1.807) is 46.8 Å². The number of anilines is 8. The summed E-state index contributed by atoms with van der Waals surface area (Å²) < 4.78 is 379. The van der Waals surface area contributed by atoms with Gasteiger partial charge < -0.3 is 54.7 Å². The second kappa shape index (κ2) is 51.1. The summed E-state index contributed by atoms with van der Waals surface area (Å²) in [6, 6.07) is 30.9. The van der Waals surface area contributed by atoms with Crippen LogP contribution in [0.1, 0.15) is 176 Å². The van der Waals surface area contributed by atoms with Gasteiger partial charge in [0.25, 0.3) is 22.1 Å². The minimum absolute atomic E-state index is 0. The molecule has 0 unspecified atom stereocenters. The molecule has 0 saturated heterocycles. The van der Waals surface area contributed by atoms with E-state index in [1.807, 2.05) is 5.32 Å². The topological polar surface area (TPSA) is 375 Å². The lowest BCUT2D eigenvalue weighted by molar-refractivity contribution is -0.385. The molecule has 0 heterocycles. The molecule has 141 heavy (non-hydrogen) atoms. The lowest BCUT2D eigenvalue weighted by Gasteiger charge is -2.20. The van der Waals surface area contributed by atoms with E-state index in [0.717, 1.165) is 109 Å². The van der Waals surface area contributed by atoms with Gasteiger partial charge in [-0.3, -0.25) is 34.5 Å². The molecule has 10 aromatic carbocycles. The van der Waals surface area contributed by atoms with E-state index >= 15 is 0 Å². The van der Waals surface area contributed by atoms with Crippen LogP contribution in [0.15, 0.2) is 182 Å². The Balaban J connectivity index is 0. The Kier molecular flexibility index (Phi) is 46.7. The van der Waals surface area contributed by atoms with E-state index < -0.39 is 207 Å².